The van der Waals surface area contributed by atoms with E-state index in [2.05, 4.69) is 49.9 Å². The molecule has 3 aliphatic rings. The Balaban J connectivity index is 1.86. The number of rotatable bonds is 12. The molecule has 7 atom stereocenters. The van der Waals surface area contributed by atoms with Crippen molar-refractivity contribution in [2.75, 3.05) is 26.7 Å². The predicted octanol–water partition coefficient (Wildman–Crippen LogP) is 4.21. The molecule has 3 saturated heterocycles. The second kappa shape index (κ2) is 12.5. The zero-order valence-electron chi connectivity index (χ0n) is 26.5. The van der Waals surface area contributed by atoms with Crippen LogP contribution in [0, 0.1) is 17.3 Å². The largest absolute Gasteiger partial charge is 0.394 e. The smallest absolute Gasteiger partial charge is 0.249 e. The quantitative estimate of drug-likeness (QED) is 0.269. The number of likely N-dealkylation sites (tertiary alicyclic amines) is 1. The number of aliphatic hydroxyl groups is 1. The number of carbonyl (C=O) groups is 3. The van der Waals surface area contributed by atoms with Gasteiger partial charge in [0.1, 0.15) is 11.6 Å². The Morgan fingerprint density at radius 2 is 1.77 bits per heavy atom. The van der Waals surface area contributed by atoms with Gasteiger partial charge in [0.05, 0.1) is 30.6 Å². The Kier molecular flexibility index (Phi) is 9.70. The van der Waals surface area contributed by atoms with E-state index in [0.717, 1.165) is 5.56 Å². The Morgan fingerprint density at radius 1 is 1.14 bits per heavy atom. The molecule has 1 aromatic rings. The van der Waals surface area contributed by atoms with Crippen LogP contribution in [0.25, 0.3) is 0 Å². The van der Waals surface area contributed by atoms with Crippen molar-refractivity contribution in [2.24, 2.45) is 17.3 Å². The number of aliphatic hydroxyl groups excluding tert-OH is 1. The van der Waals surface area contributed by atoms with Gasteiger partial charge in [-0.3, -0.25) is 14.4 Å². The molecule has 4 rings (SSSR count). The van der Waals surface area contributed by atoms with E-state index in [4.69, 9.17) is 4.74 Å². The van der Waals surface area contributed by atoms with Crippen LogP contribution in [0.3, 0.4) is 0 Å². The van der Waals surface area contributed by atoms with Crippen molar-refractivity contribution in [2.45, 2.75) is 88.0 Å². The third-order valence-electron chi connectivity index (χ3n) is 9.21. The van der Waals surface area contributed by atoms with E-state index < -0.39 is 41.2 Å². The van der Waals surface area contributed by atoms with E-state index in [0.29, 0.717) is 25.8 Å². The number of likely N-dealkylation sites (N-methyl/N-ethyl adjacent to an activating group) is 1. The highest BCUT2D eigenvalue weighted by Crippen LogP contribution is 2.61. The molecule has 1 spiro atoms. The number of alkyl halides is 1. The fourth-order valence-electron chi connectivity index (χ4n) is 8.00. The van der Waals surface area contributed by atoms with Gasteiger partial charge in [-0.15, -0.1) is 13.2 Å². The zero-order valence-corrected chi connectivity index (χ0v) is 28.0. The lowest BCUT2D eigenvalue weighted by molar-refractivity contribution is -0.155. The minimum Gasteiger partial charge on any atom is -0.394 e. The number of carbonyl (C=O) groups excluding carboxylic acids is 3. The molecule has 3 fully saturated rings. The lowest BCUT2D eigenvalue weighted by Crippen LogP contribution is -2.63. The first-order valence-corrected chi connectivity index (χ1v) is 16.1. The molecule has 3 amide bonds. The molecule has 2 bridgehead atoms. The van der Waals surface area contributed by atoms with Gasteiger partial charge in [0.2, 0.25) is 17.7 Å². The number of hydrogen-bond acceptors (Lipinski definition) is 5. The van der Waals surface area contributed by atoms with E-state index in [-0.39, 0.29) is 41.1 Å². The second-order valence-corrected chi connectivity index (χ2v) is 15.4. The lowest BCUT2D eigenvalue weighted by Gasteiger charge is -2.46. The molecule has 0 radical (unpaired) electrons. The summed E-state index contributed by atoms with van der Waals surface area (Å²) in [4.78, 5) is 48.3. The van der Waals surface area contributed by atoms with Gasteiger partial charge in [0.25, 0.3) is 0 Å². The summed E-state index contributed by atoms with van der Waals surface area (Å²) in [5.74, 6) is -2.37. The second-order valence-electron chi connectivity index (χ2n) is 14.2. The average Bonchev–Trinajstić information content (AvgIpc) is 3.52. The van der Waals surface area contributed by atoms with Crippen LogP contribution < -0.4 is 0 Å². The standard InChI is InChI=1S/C34H48BrN3O5/c1-9-16-36(8)29(40)25-26-30(41)38(23(20-39)18-22-14-12-11-13-15-22)28(34(26)19-24(35)27(25)43-34)31(42)37(17-10-2)33(6,7)21-32(3,4)5/h9-15,23-28,39H,1-2,16-21H2,3-8H3/t23-,24?,25+,26+,27+,28?,34?/m1/s1. The van der Waals surface area contributed by atoms with Crippen molar-refractivity contribution >= 4 is 33.7 Å². The normalized spacial score (nSPS) is 28.9. The maximum Gasteiger partial charge on any atom is 0.249 e. The van der Waals surface area contributed by atoms with Gasteiger partial charge in [-0.1, -0.05) is 79.2 Å². The predicted molar refractivity (Wildman–Crippen MR) is 171 cm³/mol. The summed E-state index contributed by atoms with van der Waals surface area (Å²) in [5.41, 5.74) is -0.936. The van der Waals surface area contributed by atoms with Crippen molar-refractivity contribution < 1.29 is 24.2 Å². The molecule has 3 unspecified atom stereocenters. The van der Waals surface area contributed by atoms with Crippen LogP contribution in [0.4, 0.5) is 0 Å². The van der Waals surface area contributed by atoms with Crippen molar-refractivity contribution in [1.29, 1.82) is 0 Å². The summed E-state index contributed by atoms with van der Waals surface area (Å²) in [5, 5.41) is 10.8. The van der Waals surface area contributed by atoms with Crippen molar-refractivity contribution in [3.63, 3.8) is 0 Å². The molecular weight excluding hydrogens is 610 g/mol. The van der Waals surface area contributed by atoms with Crippen LogP contribution >= 0.6 is 15.9 Å². The van der Waals surface area contributed by atoms with Crippen LogP contribution in [0.2, 0.25) is 0 Å². The highest BCUT2D eigenvalue weighted by atomic mass is 79.9. The van der Waals surface area contributed by atoms with Crippen molar-refractivity contribution in [1.82, 2.24) is 14.7 Å². The number of hydrogen-bond donors (Lipinski definition) is 1. The Bertz CT molecular complexity index is 1230. The topological polar surface area (TPSA) is 90.4 Å². The summed E-state index contributed by atoms with van der Waals surface area (Å²) in [6, 6.07) is 7.94. The molecule has 8 nitrogen and oxygen atoms in total. The van der Waals surface area contributed by atoms with Gasteiger partial charge in [-0.2, -0.15) is 0 Å². The number of ether oxygens (including phenoxy) is 1. The Labute approximate surface area is 265 Å². The van der Waals surface area contributed by atoms with Gasteiger partial charge in [-0.05, 0) is 44.1 Å². The molecule has 3 heterocycles. The fourth-order valence-corrected chi connectivity index (χ4v) is 8.95. The molecule has 1 aromatic carbocycles. The molecular formula is C34H48BrN3O5. The van der Waals surface area contributed by atoms with Crippen LogP contribution in [0.15, 0.2) is 55.6 Å². The Hall–Kier alpha value is -2.49. The van der Waals surface area contributed by atoms with E-state index in [1.807, 2.05) is 49.1 Å². The SMILES string of the molecule is C=CCN(C)C(=O)[C@H]1[C@H]2C(=O)N([C@@H](CO)Cc3ccccc3)C(C(=O)N(CC=C)C(C)(C)CC(C)(C)C)C23CC(Br)[C@@H]1O3. The number of fused-ring (bicyclic) bond motifs is 1. The highest BCUT2D eigenvalue weighted by molar-refractivity contribution is 9.09. The van der Waals surface area contributed by atoms with E-state index in [9.17, 15) is 14.7 Å². The molecule has 9 heteroatoms. The van der Waals surface area contributed by atoms with Crippen LogP contribution in [0.1, 0.15) is 53.0 Å². The molecule has 43 heavy (non-hydrogen) atoms. The molecule has 0 saturated carbocycles. The first-order valence-electron chi connectivity index (χ1n) is 15.2. The van der Waals surface area contributed by atoms with Gasteiger partial charge in [-0.25, -0.2) is 0 Å². The van der Waals surface area contributed by atoms with Crippen LogP contribution in [-0.4, -0.2) is 98.4 Å². The number of amides is 3. The maximum absolute atomic E-state index is 15.0. The third kappa shape index (κ3) is 6.09. The monoisotopic (exact) mass is 657 g/mol. The summed E-state index contributed by atoms with van der Waals surface area (Å²) < 4.78 is 6.74. The molecule has 1 N–H and O–H groups in total. The molecule has 0 aliphatic carbocycles. The van der Waals surface area contributed by atoms with Gasteiger partial charge < -0.3 is 24.5 Å². The Morgan fingerprint density at radius 3 is 2.33 bits per heavy atom. The van der Waals surface area contributed by atoms with E-state index in [1.54, 1.807) is 29.0 Å². The molecule has 0 aromatic heterocycles. The van der Waals surface area contributed by atoms with Crippen molar-refractivity contribution in [3.05, 3.63) is 61.2 Å². The number of benzene rings is 1. The summed E-state index contributed by atoms with van der Waals surface area (Å²) in [6.07, 6.45) is 4.28. The minimum atomic E-state index is -1.22. The van der Waals surface area contributed by atoms with Crippen LogP contribution in [-0.2, 0) is 25.5 Å². The van der Waals surface area contributed by atoms with Crippen molar-refractivity contribution in [3.8, 4) is 0 Å². The van der Waals surface area contributed by atoms with Gasteiger partial charge in [0, 0.05) is 30.5 Å². The number of halogens is 1. The van der Waals surface area contributed by atoms with E-state index >= 15 is 4.79 Å². The van der Waals surface area contributed by atoms with Gasteiger partial charge in [0.15, 0.2) is 0 Å². The minimum absolute atomic E-state index is 0.0767. The molecule has 236 valence electrons. The first kappa shape index (κ1) is 33.4. The summed E-state index contributed by atoms with van der Waals surface area (Å²) >= 11 is 3.76. The third-order valence-corrected chi connectivity index (χ3v) is 10.1. The first-order chi connectivity index (χ1) is 20.1. The maximum atomic E-state index is 15.0. The fraction of sp³-hybridized carbons (Fsp3) is 0.618. The highest BCUT2D eigenvalue weighted by Gasteiger charge is 2.77. The molecule has 3 aliphatic heterocycles. The average molecular weight is 659 g/mol. The zero-order chi connectivity index (χ0) is 31.9. The summed E-state index contributed by atoms with van der Waals surface area (Å²) in [7, 11) is 1.69. The van der Waals surface area contributed by atoms with E-state index in [1.165, 1.54) is 0 Å². The lowest BCUT2D eigenvalue weighted by atomic mass is 9.70. The van der Waals surface area contributed by atoms with Crippen LogP contribution in [0.5, 0.6) is 0 Å². The summed E-state index contributed by atoms with van der Waals surface area (Å²) in [6.45, 7) is 18.5. The van der Waals surface area contributed by atoms with Gasteiger partial charge >= 0.3 is 0 Å². The number of nitrogens with zero attached hydrogens (tertiary/aromatic N) is 3.